The Balaban J connectivity index is 1.43. The highest BCUT2D eigenvalue weighted by Gasteiger charge is 2.28. The Bertz CT molecular complexity index is 1370. The van der Waals surface area contributed by atoms with Crippen LogP contribution in [-0.2, 0) is 16.6 Å². The van der Waals surface area contributed by atoms with Crippen molar-refractivity contribution in [1.82, 2.24) is 39.2 Å². The fraction of sp³-hybridized carbons (Fsp3) is 0.417. The normalized spacial score (nSPS) is 18.5. The molecule has 0 saturated carbocycles. The van der Waals surface area contributed by atoms with Crippen molar-refractivity contribution in [3.8, 4) is 17.5 Å². The number of nitrogens with zero attached hydrogens (tertiary/aromatic N) is 9. The van der Waals surface area contributed by atoms with Crippen LogP contribution in [0.5, 0.6) is 0 Å². The second kappa shape index (κ2) is 8.73. The van der Waals surface area contributed by atoms with Gasteiger partial charge >= 0.3 is 0 Å². The van der Waals surface area contributed by atoms with Crippen LogP contribution in [0, 0.1) is 0 Å². The van der Waals surface area contributed by atoms with Crippen LogP contribution in [-0.4, -0.2) is 84.5 Å². The van der Waals surface area contributed by atoms with Gasteiger partial charge < -0.3 is 19.1 Å². The van der Waals surface area contributed by atoms with Gasteiger partial charge in [0.1, 0.15) is 5.69 Å². The summed E-state index contributed by atoms with van der Waals surface area (Å²) in [6.07, 6.45) is 4.56. The summed E-state index contributed by atoms with van der Waals surface area (Å²) < 4.78 is 9.25. The second-order valence-electron chi connectivity index (χ2n) is 8.96. The van der Waals surface area contributed by atoms with Crippen LogP contribution in [0.4, 0.5) is 5.82 Å². The van der Waals surface area contributed by atoms with E-state index in [1.165, 1.54) is 0 Å². The summed E-state index contributed by atoms with van der Waals surface area (Å²) in [5.41, 5.74) is 3.18. The van der Waals surface area contributed by atoms with Gasteiger partial charge in [-0.15, -0.1) is 0 Å². The first-order valence-electron chi connectivity index (χ1n) is 11.9. The Labute approximate surface area is 202 Å². The van der Waals surface area contributed by atoms with Gasteiger partial charge in [-0.2, -0.15) is 15.1 Å². The first-order valence-corrected chi connectivity index (χ1v) is 11.9. The predicted molar refractivity (Wildman–Crippen MR) is 129 cm³/mol. The van der Waals surface area contributed by atoms with Crippen LogP contribution in [0.15, 0.2) is 36.7 Å². The number of hydrogen-bond acceptors (Lipinski definition) is 8. The average molecular weight is 474 g/mol. The van der Waals surface area contributed by atoms with Gasteiger partial charge in [0.15, 0.2) is 22.8 Å². The van der Waals surface area contributed by atoms with Gasteiger partial charge in [0.25, 0.3) is 5.95 Å². The van der Waals surface area contributed by atoms with Crippen LogP contribution < -0.4 is 4.90 Å². The van der Waals surface area contributed by atoms with Crippen LogP contribution in [0.3, 0.4) is 0 Å². The molecular formula is C24H27N9O2. The number of morpholine rings is 1. The standard InChI is InChI=1S/C24H27N9O2/c1-16(34)32-9-6-17(15-32)18-7-10-33(29-18)24-27-22-20(23(28-24)31-11-13-35-14-12-31)26-21(30(22)2)19-5-3-4-8-25-19/h3-5,7-8,10,17H,6,9,11-15H2,1-2H3. The molecule has 2 aliphatic rings. The van der Waals surface area contributed by atoms with Gasteiger partial charge in [0.05, 0.1) is 18.9 Å². The lowest BCUT2D eigenvalue weighted by Gasteiger charge is -2.28. The summed E-state index contributed by atoms with van der Waals surface area (Å²) in [5.74, 6) is 2.32. The largest absolute Gasteiger partial charge is 0.378 e. The van der Waals surface area contributed by atoms with Gasteiger partial charge in [-0.25, -0.2) is 9.67 Å². The number of pyridine rings is 1. The molecule has 0 N–H and O–H groups in total. The number of fused-ring (bicyclic) bond motifs is 1. The summed E-state index contributed by atoms with van der Waals surface area (Å²) in [6.45, 7) is 5.82. The minimum Gasteiger partial charge on any atom is -0.378 e. The maximum absolute atomic E-state index is 11.8. The maximum Gasteiger partial charge on any atom is 0.254 e. The SMILES string of the molecule is CC(=O)N1CCC(c2ccn(-c3nc(N4CCOCC4)c4nc(-c5ccccn5)n(C)c4n3)n2)C1. The summed E-state index contributed by atoms with van der Waals surface area (Å²) in [7, 11) is 1.95. The highest BCUT2D eigenvalue weighted by Crippen LogP contribution is 2.30. The molecule has 0 spiro atoms. The zero-order valence-electron chi connectivity index (χ0n) is 19.8. The number of aromatic nitrogens is 7. The molecule has 35 heavy (non-hydrogen) atoms. The zero-order chi connectivity index (χ0) is 23.9. The molecule has 4 aromatic heterocycles. The van der Waals surface area contributed by atoms with E-state index < -0.39 is 0 Å². The lowest BCUT2D eigenvalue weighted by atomic mass is 10.1. The fourth-order valence-electron chi connectivity index (χ4n) is 4.81. The second-order valence-corrected chi connectivity index (χ2v) is 8.96. The Hall–Kier alpha value is -3.86. The van der Waals surface area contributed by atoms with E-state index in [0.717, 1.165) is 60.2 Å². The molecule has 0 aromatic carbocycles. The number of rotatable bonds is 4. The van der Waals surface area contributed by atoms with Gasteiger partial charge in [-0.3, -0.25) is 9.78 Å². The van der Waals surface area contributed by atoms with E-state index in [2.05, 4.69) is 9.88 Å². The van der Waals surface area contributed by atoms with Gasteiger partial charge in [0.2, 0.25) is 5.91 Å². The lowest BCUT2D eigenvalue weighted by molar-refractivity contribution is -0.127. The topological polar surface area (TPSA) is 107 Å². The molecule has 1 atom stereocenters. The van der Waals surface area contributed by atoms with Crippen LogP contribution >= 0.6 is 0 Å². The molecule has 180 valence electrons. The molecule has 0 radical (unpaired) electrons. The molecule has 11 heteroatoms. The highest BCUT2D eigenvalue weighted by atomic mass is 16.5. The average Bonchev–Trinajstić information content (AvgIpc) is 3.64. The minimum atomic E-state index is 0.107. The third-order valence-corrected chi connectivity index (χ3v) is 6.76. The summed E-state index contributed by atoms with van der Waals surface area (Å²) in [6, 6.07) is 7.77. The Morgan fingerprint density at radius 1 is 1.09 bits per heavy atom. The molecule has 6 heterocycles. The van der Waals surface area contributed by atoms with Crippen molar-refractivity contribution in [3.63, 3.8) is 0 Å². The molecule has 11 nitrogen and oxygen atoms in total. The van der Waals surface area contributed by atoms with Crippen molar-refractivity contribution in [2.24, 2.45) is 7.05 Å². The summed E-state index contributed by atoms with van der Waals surface area (Å²) >= 11 is 0. The first-order chi connectivity index (χ1) is 17.1. The zero-order valence-corrected chi connectivity index (χ0v) is 19.8. The number of carbonyl (C=O) groups is 1. The monoisotopic (exact) mass is 473 g/mol. The van der Waals surface area contributed by atoms with Crippen LogP contribution in [0.2, 0.25) is 0 Å². The molecule has 0 aliphatic carbocycles. The predicted octanol–water partition coefficient (Wildman–Crippen LogP) is 1.78. The van der Waals surface area contributed by atoms with E-state index in [-0.39, 0.29) is 11.8 Å². The summed E-state index contributed by atoms with van der Waals surface area (Å²) in [5, 5.41) is 4.81. The molecule has 2 saturated heterocycles. The third-order valence-electron chi connectivity index (χ3n) is 6.76. The Kier molecular flexibility index (Phi) is 5.40. The van der Waals surface area contributed by atoms with E-state index in [9.17, 15) is 4.79 Å². The van der Waals surface area contributed by atoms with E-state index >= 15 is 0 Å². The fourth-order valence-corrected chi connectivity index (χ4v) is 4.81. The quantitative estimate of drug-likeness (QED) is 0.442. The minimum absolute atomic E-state index is 0.107. The highest BCUT2D eigenvalue weighted by molar-refractivity contribution is 5.87. The number of aryl methyl sites for hydroxylation is 1. The number of ether oxygens (including phenoxy) is 1. The van der Waals surface area contributed by atoms with Crippen LogP contribution in [0.25, 0.3) is 28.6 Å². The molecule has 1 amide bonds. The molecule has 2 fully saturated rings. The number of likely N-dealkylation sites (tertiary alicyclic amines) is 1. The van der Waals surface area contributed by atoms with Crippen molar-refractivity contribution in [3.05, 3.63) is 42.4 Å². The van der Waals surface area contributed by atoms with E-state index in [1.807, 2.05) is 47.0 Å². The number of carbonyl (C=O) groups excluding carboxylic acids is 1. The number of amides is 1. The first kappa shape index (κ1) is 21.7. The smallest absolute Gasteiger partial charge is 0.254 e. The van der Waals surface area contributed by atoms with Crippen molar-refractivity contribution in [1.29, 1.82) is 0 Å². The maximum atomic E-state index is 11.8. The van der Waals surface area contributed by atoms with Gasteiger partial charge in [0, 0.05) is 58.5 Å². The molecule has 0 bridgehead atoms. The van der Waals surface area contributed by atoms with Crippen LogP contribution in [0.1, 0.15) is 25.0 Å². The van der Waals surface area contributed by atoms with Crippen molar-refractivity contribution in [2.45, 2.75) is 19.3 Å². The van der Waals surface area contributed by atoms with Crippen molar-refractivity contribution in [2.75, 3.05) is 44.3 Å². The third kappa shape index (κ3) is 3.91. The number of hydrogen-bond donors (Lipinski definition) is 0. The van der Waals surface area contributed by atoms with Gasteiger partial charge in [-0.05, 0) is 24.6 Å². The lowest BCUT2D eigenvalue weighted by Crippen LogP contribution is -2.37. The van der Waals surface area contributed by atoms with E-state index in [0.29, 0.717) is 25.7 Å². The number of anilines is 1. The Morgan fingerprint density at radius 2 is 1.94 bits per heavy atom. The molecule has 4 aromatic rings. The molecule has 2 aliphatic heterocycles. The van der Waals surface area contributed by atoms with E-state index in [4.69, 9.17) is 24.8 Å². The van der Waals surface area contributed by atoms with Gasteiger partial charge in [-0.1, -0.05) is 6.07 Å². The molecular weight excluding hydrogens is 446 g/mol. The van der Waals surface area contributed by atoms with Crippen molar-refractivity contribution >= 4 is 22.9 Å². The molecule has 1 unspecified atom stereocenters. The van der Waals surface area contributed by atoms with E-state index in [1.54, 1.807) is 17.8 Å². The Morgan fingerprint density at radius 3 is 2.69 bits per heavy atom. The van der Waals surface area contributed by atoms with Crippen molar-refractivity contribution < 1.29 is 9.53 Å². The summed E-state index contributed by atoms with van der Waals surface area (Å²) in [4.78, 5) is 35.0. The number of imidazole rings is 1. The molecule has 6 rings (SSSR count).